The number of hydrogen-bond donors (Lipinski definition) is 1. The largest absolute Gasteiger partial charge is 0.351 e. The van der Waals surface area contributed by atoms with Gasteiger partial charge in [0, 0.05) is 12.6 Å². The van der Waals surface area contributed by atoms with Crippen molar-refractivity contribution in [3.8, 4) is 6.07 Å². The fourth-order valence-electron chi connectivity index (χ4n) is 1.88. The van der Waals surface area contributed by atoms with Crippen LogP contribution in [0.1, 0.15) is 33.6 Å². The SMILES string of the molecule is CCN1CCCC(NC(=O)C(C)(C)C#N)C1. The fraction of sp³-hybridized carbons (Fsp3) is 0.833. The van der Waals surface area contributed by atoms with E-state index in [4.69, 9.17) is 5.26 Å². The monoisotopic (exact) mass is 223 g/mol. The third kappa shape index (κ3) is 3.21. The number of hydrogen-bond acceptors (Lipinski definition) is 3. The molecule has 1 heterocycles. The maximum atomic E-state index is 11.8. The quantitative estimate of drug-likeness (QED) is 0.780. The summed E-state index contributed by atoms with van der Waals surface area (Å²) >= 11 is 0. The number of rotatable bonds is 3. The number of piperidine rings is 1. The van der Waals surface area contributed by atoms with Crippen molar-refractivity contribution in [2.75, 3.05) is 19.6 Å². The molecule has 0 aromatic carbocycles. The summed E-state index contributed by atoms with van der Waals surface area (Å²) in [7, 11) is 0. The molecule has 1 N–H and O–H groups in total. The first-order valence-corrected chi connectivity index (χ1v) is 5.94. The van der Waals surface area contributed by atoms with Gasteiger partial charge in [-0.15, -0.1) is 0 Å². The Labute approximate surface area is 97.6 Å². The molecule has 0 bridgehead atoms. The van der Waals surface area contributed by atoms with Crippen molar-refractivity contribution in [3.05, 3.63) is 0 Å². The molecule has 0 spiro atoms. The number of amides is 1. The minimum absolute atomic E-state index is 0.155. The number of carbonyl (C=O) groups excluding carboxylic acids is 1. The van der Waals surface area contributed by atoms with E-state index >= 15 is 0 Å². The molecule has 1 amide bonds. The fourth-order valence-corrected chi connectivity index (χ4v) is 1.88. The van der Waals surface area contributed by atoms with Crippen molar-refractivity contribution >= 4 is 5.91 Å². The molecule has 1 rings (SSSR count). The molecule has 0 aliphatic carbocycles. The summed E-state index contributed by atoms with van der Waals surface area (Å²) in [5, 5.41) is 11.8. The zero-order valence-electron chi connectivity index (χ0n) is 10.4. The van der Waals surface area contributed by atoms with Gasteiger partial charge in [-0.05, 0) is 39.8 Å². The van der Waals surface area contributed by atoms with Gasteiger partial charge in [-0.3, -0.25) is 4.79 Å². The lowest BCUT2D eigenvalue weighted by molar-refractivity contribution is -0.127. The maximum Gasteiger partial charge on any atom is 0.240 e. The van der Waals surface area contributed by atoms with E-state index in [1.165, 1.54) is 0 Å². The highest BCUT2D eigenvalue weighted by atomic mass is 16.2. The molecular formula is C12H21N3O. The average Bonchev–Trinajstić information content (AvgIpc) is 2.29. The third-order valence-corrected chi connectivity index (χ3v) is 3.14. The Bertz CT molecular complexity index is 293. The van der Waals surface area contributed by atoms with Crippen molar-refractivity contribution in [2.24, 2.45) is 5.41 Å². The van der Waals surface area contributed by atoms with E-state index in [1.54, 1.807) is 13.8 Å². The summed E-state index contributed by atoms with van der Waals surface area (Å²) < 4.78 is 0. The van der Waals surface area contributed by atoms with E-state index in [0.717, 1.165) is 32.5 Å². The smallest absolute Gasteiger partial charge is 0.240 e. The zero-order valence-corrected chi connectivity index (χ0v) is 10.4. The first-order chi connectivity index (χ1) is 7.49. The Hall–Kier alpha value is -1.08. The maximum absolute atomic E-state index is 11.8. The van der Waals surface area contributed by atoms with Gasteiger partial charge in [0.1, 0.15) is 5.41 Å². The number of likely N-dealkylation sites (N-methyl/N-ethyl adjacent to an activating group) is 1. The van der Waals surface area contributed by atoms with Crippen molar-refractivity contribution in [2.45, 2.75) is 39.7 Å². The Morgan fingerprint density at radius 2 is 2.31 bits per heavy atom. The summed E-state index contributed by atoms with van der Waals surface area (Å²) in [6, 6.07) is 2.23. The van der Waals surface area contributed by atoms with E-state index < -0.39 is 5.41 Å². The van der Waals surface area contributed by atoms with E-state index in [0.29, 0.717) is 0 Å². The second-order valence-corrected chi connectivity index (χ2v) is 4.94. The van der Waals surface area contributed by atoms with E-state index in [9.17, 15) is 4.79 Å². The van der Waals surface area contributed by atoms with Crippen LogP contribution in [0.25, 0.3) is 0 Å². The van der Waals surface area contributed by atoms with Gasteiger partial charge in [0.2, 0.25) is 5.91 Å². The third-order valence-electron chi connectivity index (χ3n) is 3.14. The number of likely N-dealkylation sites (tertiary alicyclic amines) is 1. The van der Waals surface area contributed by atoms with Crippen LogP contribution >= 0.6 is 0 Å². The Kier molecular flexibility index (Phi) is 4.31. The van der Waals surface area contributed by atoms with Crippen molar-refractivity contribution < 1.29 is 4.79 Å². The van der Waals surface area contributed by atoms with Gasteiger partial charge in [0.05, 0.1) is 6.07 Å². The van der Waals surface area contributed by atoms with Crippen LogP contribution in [0.4, 0.5) is 0 Å². The Balaban J connectivity index is 2.49. The highest BCUT2D eigenvalue weighted by molar-refractivity contribution is 5.84. The van der Waals surface area contributed by atoms with Crippen LogP contribution < -0.4 is 5.32 Å². The minimum Gasteiger partial charge on any atom is -0.351 e. The average molecular weight is 223 g/mol. The molecule has 0 aromatic rings. The molecule has 4 heteroatoms. The lowest BCUT2D eigenvalue weighted by Crippen LogP contribution is -2.50. The van der Waals surface area contributed by atoms with E-state index in [1.807, 2.05) is 6.07 Å². The van der Waals surface area contributed by atoms with Gasteiger partial charge in [-0.2, -0.15) is 5.26 Å². The van der Waals surface area contributed by atoms with E-state index in [-0.39, 0.29) is 11.9 Å². The van der Waals surface area contributed by atoms with Crippen LogP contribution in [0.15, 0.2) is 0 Å². The Morgan fingerprint density at radius 3 is 2.88 bits per heavy atom. The summed E-state index contributed by atoms with van der Waals surface area (Å²) in [6.07, 6.45) is 2.13. The predicted molar refractivity (Wildman–Crippen MR) is 62.7 cm³/mol. The van der Waals surface area contributed by atoms with Gasteiger partial charge in [0.25, 0.3) is 0 Å². The molecule has 1 fully saturated rings. The lowest BCUT2D eigenvalue weighted by atomic mass is 9.93. The van der Waals surface area contributed by atoms with Crippen LogP contribution in [0.2, 0.25) is 0 Å². The number of nitrogens with zero attached hydrogens (tertiary/aromatic N) is 2. The molecule has 1 aliphatic rings. The highest BCUT2D eigenvalue weighted by Gasteiger charge is 2.30. The molecule has 1 atom stereocenters. The zero-order chi connectivity index (χ0) is 12.2. The van der Waals surface area contributed by atoms with Crippen molar-refractivity contribution in [1.82, 2.24) is 10.2 Å². The summed E-state index contributed by atoms with van der Waals surface area (Å²) in [6.45, 7) is 8.48. The van der Waals surface area contributed by atoms with Crippen LogP contribution in [-0.2, 0) is 4.79 Å². The molecule has 1 unspecified atom stereocenters. The summed E-state index contributed by atoms with van der Waals surface area (Å²) in [5.41, 5.74) is -0.922. The van der Waals surface area contributed by atoms with Gasteiger partial charge < -0.3 is 10.2 Å². The molecular weight excluding hydrogens is 202 g/mol. The molecule has 16 heavy (non-hydrogen) atoms. The van der Waals surface area contributed by atoms with Gasteiger partial charge in [-0.1, -0.05) is 6.92 Å². The van der Waals surface area contributed by atoms with Crippen LogP contribution in [0.5, 0.6) is 0 Å². The molecule has 1 aliphatic heterocycles. The van der Waals surface area contributed by atoms with Crippen molar-refractivity contribution in [1.29, 1.82) is 5.26 Å². The molecule has 0 aromatic heterocycles. The standard InChI is InChI=1S/C12H21N3O/c1-4-15-7-5-6-10(8-15)14-11(16)12(2,3)9-13/h10H,4-8H2,1-3H3,(H,14,16). The molecule has 1 saturated heterocycles. The Morgan fingerprint density at radius 1 is 1.62 bits per heavy atom. The van der Waals surface area contributed by atoms with Gasteiger partial charge in [-0.25, -0.2) is 0 Å². The number of carbonyl (C=O) groups is 1. The first kappa shape index (κ1) is 13.0. The second kappa shape index (κ2) is 5.31. The highest BCUT2D eigenvalue weighted by Crippen LogP contribution is 2.15. The van der Waals surface area contributed by atoms with Crippen molar-refractivity contribution in [3.63, 3.8) is 0 Å². The summed E-state index contributed by atoms with van der Waals surface area (Å²) in [4.78, 5) is 14.1. The first-order valence-electron chi connectivity index (χ1n) is 5.94. The predicted octanol–water partition coefficient (Wildman–Crippen LogP) is 1.14. The van der Waals surface area contributed by atoms with Crippen LogP contribution in [0.3, 0.4) is 0 Å². The molecule has 4 nitrogen and oxygen atoms in total. The molecule has 0 radical (unpaired) electrons. The van der Waals surface area contributed by atoms with Crippen LogP contribution in [0, 0.1) is 16.7 Å². The van der Waals surface area contributed by atoms with Gasteiger partial charge >= 0.3 is 0 Å². The lowest BCUT2D eigenvalue weighted by Gasteiger charge is -2.33. The summed E-state index contributed by atoms with van der Waals surface area (Å²) in [5.74, 6) is -0.155. The number of nitrogens with one attached hydrogen (secondary N) is 1. The second-order valence-electron chi connectivity index (χ2n) is 4.94. The number of nitriles is 1. The normalized spacial score (nSPS) is 22.5. The van der Waals surface area contributed by atoms with Gasteiger partial charge in [0.15, 0.2) is 0 Å². The molecule has 0 saturated carbocycles. The molecule has 90 valence electrons. The minimum atomic E-state index is -0.922. The topological polar surface area (TPSA) is 56.1 Å². The van der Waals surface area contributed by atoms with E-state index in [2.05, 4.69) is 17.1 Å². The van der Waals surface area contributed by atoms with Crippen LogP contribution in [-0.4, -0.2) is 36.5 Å².